The van der Waals surface area contributed by atoms with Crippen molar-refractivity contribution >= 4 is 22.5 Å². The van der Waals surface area contributed by atoms with Crippen LogP contribution in [0.25, 0.3) is 10.9 Å². The molecule has 1 atom stereocenters. The number of fused-ring (bicyclic) bond motifs is 1. The number of nitrogens with one attached hydrogen (secondary N) is 1. The molecule has 0 spiro atoms. The molecule has 3 aromatic rings. The summed E-state index contributed by atoms with van der Waals surface area (Å²) in [7, 11) is 0. The number of benzene rings is 1. The predicted molar refractivity (Wildman–Crippen MR) is 121 cm³/mol. The zero-order valence-electron chi connectivity index (χ0n) is 17.7. The lowest BCUT2D eigenvalue weighted by Crippen LogP contribution is -2.35. The molecule has 1 aromatic carbocycles. The molecule has 2 N–H and O–H groups in total. The normalized spacial score (nSPS) is 20.4. The molecule has 0 bridgehead atoms. The first kappa shape index (κ1) is 19.4. The van der Waals surface area contributed by atoms with Gasteiger partial charge in [0, 0.05) is 42.8 Å². The summed E-state index contributed by atoms with van der Waals surface area (Å²) in [6.07, 6.45) is 9.37. The van der Waals surface area contributed by atoms with Gasteiger partial charge in [-0.15, -0.1) is 0 Å². The van der Waals surface area contributed by atoms with E-state index in [9.17, 15) is 5.11 Å². The van der Waals surface area contributed by atoms with Crippen molar-refractivity contribution in [2.45, 2.75) is 51.0 Å². The highest BCUT2D eigenvalue weighted by atomic mass is 16.3. The van der Waals surface area contributed by atoms with Gasteiger partial charge in [0.05, 0.1) is 12.6 Å². The summed E-state index contributed by atoms with van der Waals surface area (Å²) in [6, 6.07) is 8.96. The Hall–Kier alpha value is -2.60. The molecule has 0 radical (unpaired) electrons. The Morgan fingerprint density at radius 2 is 1.93 bits per heavy atom. The molecule has 2 aliphatic rings. The van der Waals surface area contributed by atoms with Crippen molar-refractivity contribution in [3.63, 3.8) is 0 Å². The van der Waals surface area contributed by atoms with Crippen LogP contribution in [0.3, 0.4) is 0 Å². The summed E-state index contributed by atoms with van der Waals surface area (Å²) in [4.78, 5) is 17.2. The summed E-state index contributed by atoms with van der Waals surface area (Å²) in [5.41, 5.74) is 4.17. The van der Waals surface area contributed by atoms with Crippen molar-refractivity contribution in [1.29, 1.82) is 0 Å². The second-order valence-corrected chi connectivity index (χ2v) is 8.61. The van der Waals surface area contributed by atoms with E-state index < -0.39 is 0 Å². The van der Waals surface area contributed by atoms with E-state index >= 15 is 0 Å². The molecule has 0 amide bonds. The molecule has 6 heteroatoms. The summed E-state index contributed by atoms with van der Waals surface area (Å²) in [5, 5.41) is 11.0. The maximum atomic E-state index is 9.65. The smallest absolute Gasteiger partial charge is 0.134 e. The number of piperidine rings is 1. The van der Waals surface area contributed by atoms with Gasteiger partial charge in [-0.25, -0.2) is 9.97 Å². The van der Waals surface area contributed by atoms with Crippen molar-refractivity contribution in [1.82, 2.24) is 15.0 Å². The average molecular weight is 406 g/mol. The first-order valence-corrected chi connectivity index (χ1v) is 11.3. The molecular formula is C24H31N5O. The van der Waals surface area contributed by atoms with Crippen molar-refractivity contribution < 1.29 is 5.11 Å². The van der Waals surface area contributed by atoms with Crippen LogP contribution in [0.4, 0.5) is 11.6 Å². The number of para-hydroxylation sites is 1. The third-order valence-corrected chi connectivity index (χ3v) is 6.99. The molecule has 2 aliphatic heterocycles. The Morgan fingerprint density at radius 1 is 1.10 bits per heavy atom. The number of hydrogen-bond acceptors (Lipinski definition) is 5. The van der Waals surface area contributed by atoms with Crippen LogP contribution in [0.5, 0.6) is 0 Å². The van der Waals surface area contributed by atoms with E-state index in [4.69, 9.17) is 0 Å². The van der Waals surface area contributed by atoms with Gasteiger partial charge < -0.3 is 19.9 Å². The van der Waals surface area contributed by atoms with Crippen LogP contribution < -0.4 is 9.80 Å². The predicted octanol–water partition coefficient (Wildman–Crippen LogP) is 3.87. The third kappa shape index (κ3) is 3.43. The summed E-state index contributed by atoms with van der Waals surface area (Å²) < 4.78 is 0. The topological polar surface area (TPSA) is 68.3 Å². The highest BCUT2D eigenvalue weighted by molar-refractivity contribution is 5.86. The molecule has 2 fully saturated rings. The lowest BCUT2D eigenvalue weighted by molar-refractivity contribution is 0.266. The van der Waals surface area contributed by atoms with E-state index in [2.05, 4.69) is 62.1 Å². The second kappa shape index (κ2) is 8.26. The number of hydrogen-bond donors (Lipinski definition) is 2. The van der Waals surface area contributed by atoms with Crippen LogP contribution >= 0.6 is 0 Å². The van der Waals surface area contributed by atoms with Crippen LogP contribution in [-0.4, -0.2) is 52.3 Å². The van der Waals surface area contributed by atoms with Crippen molar-refractivity contribution in [3.8, 4) is 0 Å². The number of H-pyrrole nitrogens is 1. The largest absolute Gasteiger partial charge is 0.394 e. The van der Waals surface area contributed by atoms with Gasteiger partial charge in [0.15, 0.2) is 0 Å². The minimum atomic E-state index is 0.188. The van der Waals surface area contributed by atoms with Crippen LogP contribution in [-0.2, 0) is 6.42 Å². The number of anilines is 2. The lowest BCUT2D eigenvalue weighted by atomic mass is 9.89. The first-order chi connectivity index (χ1) is 14.8. The fraction of sp³-hybridized carbons (Fsp3) is 0.500. The molecule has 6 nitrogen and oxygen atoms in total. The number of nitrogens with zero attached hydrogens (tertiary/aromatic N) is 4. The van der Waals surface area contributed by atoms with Crippen LogP contribution in [0.15, 0.2) is 36.8 Å². The molecule has 0 aliphatic carbocycles. The van der Waals surface area contributed by atoms with Gasteiger partial charge in [0.2, 0.25) is 0 Å². The second-order valence-electron chi connectivity index (χ2n) is 8.61. The Balaban J connectivity index is 1.30. The fourth-order valence-electron chi connectivity index (χ4n) is 5.29. The van der Waals surface area contributed by atoms with E-state index in [0.717, 1.165) is 63.4 Å². The Bertz CT molecular complexity index is 1010. The molecular weight excluding hydrogens is 374 g/mol. The zero-order valence-corrected chi connectivity index (χ0v) is 17.7. The fourth-order valence-corrected chi connectivity index (χ4v) is 5.29. The molecule has 0 saturated carbocycles. The highest BCUT2D eigenvalue weighted by Gasteiger charge is 2.27. The molecule has 158 valence electrons. The quantitative estimate of drug-likeness (QED) is 0.675. The Labute approximate surface area is 178 Å². The number of aromatic amines is 1. The van der Waals surface area contributed by atoms with E-state index in [1.165, 1.54) is 22.0 Å². The molecule has 1 unspecified atom stereocenters. The SMILES string of the molecule is CCc1cccc2c(C3CCN(c4cc(N5CCCC5CO)ncn4)CC3)c[nH]c12. The number of aryl methyl sites for hydroxylation is 1. The molecule has 5 rings (SSSR count). The maximum Gasteiger partial charge on any atom is 0.134 e. The molecule has 2 aromatic heterocycles. The highest BCUT2D eigenvalue weighted by Crippen LogP contribution is 2.35. The van der Waals surface area contributed by atoms with Gasteiger partial charge in [-0.1, -0.05) is 25.1 Å². The van der Waals surface area contributed by atoms with E-state index in [0.29, 0.717) is 5.92 Å². The number of aromatic nitrogens is 3. The first-order valence-electron chi connectivity index (χ1n) is 11.3. The monoisotopic (exact) mass is 405 g/mol. The summed E-state index contributed by atoms with van der Waals surface area (Å²) >= 11 is 0. The van der Waals surface area contributed by atoms with E-state index in [1.807, 2.05) is 0 Å². The summed E-state index contributed by atoms with van der Waals surface area (Å²) in [5.74, 6) is 2.54. The van der Waals surface area contributed by atoms with Gasteiger partial charge in [-0.3, -0.25) is 0 Å². The van der Waals surface area contributed by atoms with Crippen molar-refractivity contribution in [3.05, 3.63) is 47.9 Å². The Kier molecular flexibility index (Phi) is 5.34. The molecule has 30 heavy (non-hydrogen) atoms. The van der Waals surface area contributed by atoms with Gasteiger partial charge in [0.1, 0.15) is 18.0 Å². The molecule has 2 saturated heterocycles. The van der Waals surface area contributed by atoms with Crippen molar-refractivity contribution in [2.75, 3.05) is 36.0 Å². The third-order valence-electron chi connectivity index (χ3n) is 6.99. The maximum absolute atomic E-state index is 9.65. The van der Waals surface area contributed by atoms with E-state index in [1.54, 1.807) is 6.33 Å². The lowest BCUT2D eigenvalue weighted by Gasteiger charge is -2.33. The van der Waals surface area contributed by atoms with Gasteiger partial charge >= 0.3 is 0 Å². The Morgan fingerprint density at radius 3 is 2.73 bits per heavy atom. The standard InChI is InChI=1S/C24H31N5O/c1-2-17-5-3-7-20-21(14-25-24(17)20)18-8-11-28(12-9-18)22-13-23(27-16-26-22)29-10-4-6-19(29)15-30/h3,5,7,13-14,16,18-19,25,30H,2,4,6,8-12,15H2,1H3. The van der Waals surface area contributed by atoms with Gasteiger partial charge in [-0.2, -0.15) is 0 Å². The van der Waals surface area contributed by atoms with Crippen LogP contribution in [0, 0.1) is 0 Å². The number of aliphatic hydroxyl groups excluding tert-OH is 1. The minimum absolute atomic E-state index is 0.188. The number of aliphatic hydroxyl groups is 1. The summed E-state index contributed by atoms with van der Waals surface area (Å²) in [6.45, 7) is 5.38. The zero-order chi connectivity index (χ0) is 20.5. The average Bonchev–Trinajstić information content (AvgIpc) is 3.46. The van der Waals surface area contributed by atoms with Gasteiger partial charge in [-0.05, 0) is 49.1 Å². The van der Waals surface area contributed by atoms with E-state index in [-0.39, 0.29) is 12.6 Å². The minimum Gasteiger partial charge on any atom is -0.394 e. The van der Waals surface area contributed by atoms with Gasteiger partial charge in [0.25, 0.3) is 0 Å². The van der Waals surface area contributed by atoms with Crippen LogP contribution in [0.1, 0.15) is 49.7 Å². The van der Waals surface area contributed by atoms with Crippen LogP contribution in [0.2, 0.25) is 0 Å². The number of rotatable bonds is 5. The molecule has 4 heterocycles. The van der Waals surface area contributed by atoms with Crippen molar-refractivity contribution in [2.24, 2.45) is 0 Å².